The Balaban J connectivity index is 1.08. The topological polar surface area (TPSA) is 11.0 Å². The average Bonchev–Trinajstić information content (AvgIpc) is 3.08. The summed E-state index contributed by atoms with van der Waals surface area (Å²) in [7, 11) is 17.6. The molecule has 0 unspecified atom stereocenters. The molecular formula is C41H57N5S2+4. The van der Waals surface area contributed by atoms with Crippen molar-refractivity contribution >= 4 is 51.6 Å². The maximum atomic E-state index is 2.36. The molecule has 0 fully saturated rings. The second-order valence-corrected chi connectivity index (χ2v) is 16.9. The molecule has 48 heavy (non-hydrogen) atoms. The number of aromatic nitrogens is 2. The van der Waals surface area contributed by atoms with Crippen LogP contribution in [0.1, 0.15) is 27.8 Å². The van der Waals surface area contributed by atoms with E-state index in [0.29, 0.717) is 0 Å². The van der Waals surface area contributed by atoms with Crippen LogP contribution in [0.2, 0.25) is 0 Å². The largest absolute Gasteiger partial charge is 0.378 e. The van der Waals surface area contributed by atoms with Gasteiger partial charge in [0.2, 0.25) is 0 Å². The summed E-state index contributed by atoms with van der Waals surface area (Å²) < 4.78 is 6.68. The van der Waals surface area contributed by atoms with Crippen molar-refractivity contribution in [1.29, 1.82) is 0 Å². The molecule has 4 rings (SSSR count). The van der Waals surface area contributed by atoms with Crippen LogP contribution in [0.15, 0.2) is 97.6 Å². The van der Waals surface area contributed by atoms with Gasteiger partial charge in [0.1, 0.15) is 13.1 Å². The Morgan fingerprint density at radius 1 is 0.521 bits per heavy atom. The molecule has 2 aromatic heterocycles. The predicted molar refractivity (Wildman–Crippen MR) is 212 cm³/mol. The van der Waals surface area contributed by atoms with Gasteiger partial charge >= 0.3 is 0 Å². The Morgan fingerprint density at radius 3 is 1.25 bits per heavy atom. The molecule has 0 aliphatic rings. The highest BCUT2D eigenvalue weighted by Crippen LogP contribution is 2.22. The van der Waals surface area contributed by atoms with E-state index in [0.717, 1.165) is 35.1 Å². The molecule has 0 bridgehead atoms. The molecule has 2 aromatic carbocycles. The van der Waals surface area contributed by atoms with E-state index in [2.05, 4.69) is 185 Å². The van der Waals surface area contributed by atoms with E-state index in [9.17, 15) is 0 Å². The summed E-state index contributed by atoms with van der Waals surface area (Å²) in [5, 5.41) is 0. The highest BCUT2D eigenvalue weighted by molar-refractivity contribution is 8.76. The molecule has 0 saturated carbocycles. The zero-order chi connectivity index (χ0) is 34.4. The van der Waals surface area contributed by atoms with Crippen LogP contribution in [-0.4, -0.2) is 88.9 Å². The summed E-state index contributed by atoms with van der Waals surface area (Å²) in [6.07, 6.45) is 17.6. The van der Waals surface area contributed by atoms with Gasteiger partial charge in [-0.1, -0.05) is 87.9 Å². The summed E-state index contributed by atoms with van der Waals surface area (Å²) in [5.74, 6) is 2.35. The van der Waals surface area contributed by atoms with Crippen LogP contribution in [0.25, 0.3) is 24.3 Å². The van der Waals surface area contributed by atoms with Gasteiger partial charge in [0, 0.05) is 44.0 Å². The molecule has 0 amide bonds. The number of hydrogen-bond donors (Lipinski definition) is 0. The second-order valence-electron chi connectivity index (χ2n) is 14.2. The van der Waals surface area contributed by atoms with Crippen molar-refractivity contribution in [1.82, 2.24) is 0 Å². The number of anilines is 1. The molecule has 0 aliphatic heterocycles. The van der Waals surface area contributed by atoms with E-state index in [1.165, 1.54) is 58.1 Å². The summed E-state index contributed by atoms with van der Waals surface area (Å²) >= 11 is 0. The fourth-order valence-electron chi connectivity index (χ4n) is 5.09. The fourth-order valence-corrected chi connectivity index (χ4v) is 7.61. The summed E-state index contributed by atoms with van der Waals surface area (Å²) in [6.45, 7) is 8.78. The minimum Gasteiger partial charge on any atom is -0.378 e. The van der Waals surface area contributed by atoms with Gasteiger partial charge in [-0.15, -0.1) is 0 Å². The van der Waals surface area contributed by atoms with Crippen molar-refractivity contribution in [3.63, 3.8) is 0 Å². The Bertz CT molecular complexity index is 1570. The van der Waals surface area contributed by atoms with Gasteiger partial charge in [0.15, 0.2) is 37.9 Å². The van der Waals surface area contributed by atoms with Crippen LogP contribution >= 0.6 is 21.6 Å². The fraction of sp³-hybridized carbons (Fsp3) is 0.366. The number of hydrogen-bond acceptors (Lipinski definition) is 3. The quantitative estimate of drug-likeness (QED) is 0.0476. The van der Waals surface area contributed by atoms with Crippen LogP contribution in [0.5, 0.6) is 0 Å². The van der Waals surface area contributed by atoms with Crippen molar-refractivity contribution in [3.05, 3.63) is 125 Å². The summed E-state index contributed by atoms with van der Waals surface area (Å²) in [5.41, 5.74) is 7.42. The molecule has 4 aromatic rings. The van der Waals surface area contributed by atoms with E-state index in [4.69, 9.17) is 0 Å². The molecule has 0 radical (unpaired) electrons. The monoisotopic (exact) mass is 683 g/mol. The Morgan fingerprint density at radius 2 is 0.875 bits per heavy atom. The van der Waals surface area contributed by atoms with Crippen LogP contribution in [0.3, 0.4) is 0 Å². The third kappa shape index (κ3) is 13.6. The van der Waals surface area contributed by atoms with Crippen molar-refractivity contribution in [3.8, 4) is 0 Å². The van der Waals surface area contributed by atoms with Crippen LogP contribution in [0.4, 0.5) is 5.69 Å². The van der Waals surface area contributed by atoms with Crippen LogP contribution < -0.4 is 14.0 Å². The minimum atomic E-state index is 1.03. The number of pyridine rings is 2. The maximum Gasteiger partial charge on any atom is 0.196 e. The first-order valence-corrected chi connectivity index (χ1v) is 19.5. The van der Waals surface area contributed by atoms with Crippen molar-refractivity contribution in [2.75, 3.05) is 84.9 Å². The van der Waals surface area contributed by atoms with E-state index < -0.39 is 0 Å². The van der Waals surface area contributed by atoms with Gasteiger partial charge in [-0.3, -0.25) is 0 Å². The summed E-state index contributed by atoms with van der Waals surface area (Å²) in [4.78, 5) is 2.12. The maximum absolute atomic E-state index is 2.36. The molecule has 254 valence electrons. The Kier molecular flexibility index (Phi) is 14.4. The van der Waals surface area contributed by atoms with E-state index >= 15 is 0 Å². The number of nitrogens with zero attached hydrogens (tertiary/aromatic N) is 5. The highest BCUT2D eigenvalue weighted by Gasteiger charge is 2.19. The van der Waals surface area contributed by atoms with Crippen LogP contribution in [-0.2, 0) is 13.1 Å². The standard InChI is InChI=1S/C41H57N5S2/c1-36-8-10-37(11-9-36)12-14-39-20-24-43(25-21-39)28-30-45(4,5)32-34-47-48-35-33-46(6,7)31-29-44-26-22-40(23-27-44)15-13-38-16-18-41(19-17-38)42(2)3/h8-27H,28-35H2,1-7H3/q+4/b14-12+. The molecule has 0 saturated heterocycles. The second kappa shape index (κ2) is 18.4. The Hall–Kier alpha value is -3.36. The lowest BCUT2D eigenvalue weighted by Gasteiger charge is -2.29. The van der Waals surface area contributed by atoms with Gasteiger partial charge in [-0.2, -0.15) is 9.13 Å². The van der Waals surface area contributed by atoms with Crippen molar-refractivity contribution in [2.45, 2.75) is 20.0 Å². The highest BCUT2D eigenvalue weighted by atomic mass is 33.1. The molecule has 0 N–H and O–H groups in total. The zero-order valence-electron chi connectivity index (χ0n) is 30.3. The smallest absolute Gasteiger partial charge is 0.196 e. The molecule has 0 atom stereocenters. The zero-order valence-corrected chi connectivity index (χ0v) is 31.9. The van der Waals surface area contributed by atoms with Gasteiger partial charge < -0.3 is 13.9 Å². The minimum absolute atomic E-state index is 1.03. The van der Waals surface area contributed by atoms with Crippen LogP contribution in [0, 0.1) is 6.92 Å². The molecule has 7 heteroatoms. The van der Waals surface area contributed by atoms with Gasteiger partial charge in [-0.25, -0.2) is 0 Å². The van der Waals surface area contributed by atoms with E-state index in [1.807, 2.05) is 21.6 Å². The van der Waals surface area contributed by atoms with Crippen molar-refractivity contribution in [2.24, 2.45) is 0 Å². The molecule has 0 spiro atoms. The third-order valence-corrected chi connectivity index (χ3v) is 11.2. The third-order valence-electron chi connectivity index (χ3n) is 8.83. The Labute approximate surface area is 298 Å². The van der Waals surface area contributed by atoms with Gasteiger partial charge in [0.25, 0.3) is 0 Å². The van der Waals surface area contributed by atoms with Crippen molar-refractivity contribution < 1.29 is 18.1 Å². The number of benzene rings is 2. The first-order chi connectivity index (χ1) is 23.0. The predicted octanol–water partition coefficient (Wildman–Crippen LogP) is 7.21. The lowest BCUT2D eigenvalue weighted by Crippen LogP contribution is -2.49. The lowest BCUT2D eigenvalue weighted by molar-refractivity contribution is -0.907. The molecule has 0 aliphatic carbocycles. The van der Waals surface area contributed by atoms with Gasteiger partial charge in [0.05, 0.1) is 52.8 Å². The SMILES string of the molecule is Cc1ccc(/C=C/c2cc[n+](CC[N+](C)(C)CCSSCC[N+](C)(C)CC[n+]3ccc(/C=C/c4ccc(N(C)C)cc4)cc3)cc2)cc1. The number of rotatable bonds is 18. The average molecular weight is 684 g/mol. The van der Waals surface area contributed by atoms with E-state index in [1.54, 1.807) is 0 Å². The molecule has 2 heterocycles. The number of aryl methyl sites for hydroxylation is 1. The molecular weight excluding hydrogens is 627 g/mol. The molecule has 5 nitrogen and oxygen atoms in total. The van der Waals surface area contributed by atoms with E-state index in [-0.39, 0.29) is 0 Å². The first kappa shape index (κ1) is 37.5. The number of likely N-dealkylation sites (N-methyl/N-ethyl adjacent to an activating group) is 2. The number of quaternary nitrogens is 2. The first-order valence-electron chi connectivity index (χ1n) is 17.0. The normalized spacial score (nSPS) is 12.3. The summed E-state index contributed by atoms with van der Waals surface area (Å²) in [6, 6.07) is 26.1. The van der Waals surface area contributed by atoms with Gasteiger partial charge in [-0.05, 0) is 41.3 Å². The lowest BCUT2D eigenvalue weighted by atomic mass is 10.1.